The number of nitrogens with zero attached hydrogens (tertiary/aromatic N) is 1. The van der Waals surface area contributed by atoms with E-state index in [1.807, 2.05) is 0 Å². The first-order chi connectivity index (χ1) is 8.58. The molecule has 0 fully saturated rings. The molecule has 0 aliphatic heterocycles. The summed E-state index contributed by atoms with van der Waals surface area (Å²) in [4.78, 5) is 26.1. The molecule has 0 saturated heterocycles. The third-order valence-corrected chi connectivity index (χ3v) is 2.93. The Morgan fingerprint density at radius 3 is 2.94 bits per heavy atom. The van der Waals surface area contributed by atoms with Gasteiger partial charge < -0.3 is 10.1 Å². The fourth-order valence-electron chi connectivity index (χ4n) is 1.68. The quantitative estimate of drug-likeness (QED) is 0.602. The van der Waals surface area contributed by atoms with E-state index in [-0.39, 0.29) is 5.82 Å². The van der Waals surface area contributed by atoms with Crippen LogP contribution in [0, 0.1) is 0 Å². The van der Waals surface area contributed by atoms with Crippen molar-refractivity contribution in [2.24, 2.45) is 0 Å². The van der Waals surface area contributed by atoms with Crippen LogP contribution in [-0.4, -0.2) is 32.5 Å². The second-order valence-corrected chi connectivity index (χ2v) is 4.50. The summed E-state index contributed by atoms with van der Waals surface area (Å²) in [5, 5.41) is 11.2. The lowest BCUT2D eigenvalue weighted by atomic mass is 10.1. The van der Waals surface area contributed by atoms with Gasteiger partial charge in [0.05, 0.1) is 11.0 Å². The number of nitrogens with one attached hydrogen (secondary N) is 2. The van der Waals surface area contributed by atoms with Crippen molar-refractivity contribution in [1.82, 2.24) is 15.1 Å². The fraction of sp³-hybridized carbons (Fsp3) is 0.200. The van der Waals surface area contributed by atoms with Crippen LogP contribution in [-0.2, 0) is 11.0 Å². The third kappa shape index (κ3) is 2.70. The van der Waals surface area contributed by atoms with E-state index in [1.165, 1.54) is 0 Å². The van der Waals surface area contributed by atoms with Gasteiger partial charge in [-0.1, -0.05) is 17.2 Å². The Bertz CT molecular complexity index is 610. The third-order valence-electron chi connectivity index (χ3n) is 2.44. The Labute approximate surface area is 103 Å². The average Bonchev–Trinajstić information content (AvgIpc) is 2.73. The van der Waals surface area contributed by atoms with Crippen LogP contribution in [0.5, 0.6) is 0 Å². The van der Waals surface area contributed by atoms with Crippen LogP contribution in [0.1, 0.15) is 16.2 Å². The highest BCUT2D eigenvalue weighted by Gasteiger charge is 2.13. The lowest BCUT2D eigenvalue weighted by molar-refractivity contribution is 0.0685. The summed E-state index contributed by atoms with van der Waals surface area (Å²) in [6, 6.07) is 5.32. The van der Waals surface area contributed by atoms with Crippen molar-refractivity contribution in [2.75, 3.05) is 6.54 Å². The number of hydrogen-bond donors (Lipinski definition) is 4. The van der Waals surface area contributed by atoms with Gasteiger partial charge in [0.25, 0.3) is 0 Å². The standard InChI is InChI=1S/C10H10N3O4P/c14-10(15)9-12-7-3-1-2-6(8(7)13-9)4-5-11-18(16)17/h1-3H,4-5H2,(H3-,11,12,13,14,15,16,17)/p+1. The van der Waals surface area contributed by atoms with E-state index in [1.54, 1.807) is 18.2 Å². The minimum Gasteiger partial charge on any atom is -0.475 e. The molecule has 1 aromatic carbocycles. The van der Waals surface area contributed by atoms with Gasteiger partial charge in [0, 0.05) is 6.54 Å². The fourth-order valence-corrected chi connectivity index (χ4v) is 1.98. The topological polar surface area (TPSA) is 115 Å². The van der Waals surface area contributed by atoms with E-state index in [2.05, 4.69) is 15.1 Å². The van der Waals surface area contributed by atoms with Crippen LogP contribution in [0.25, 0.3) is 11.0 Å². The van der Waals surface area contributed by atoms with Gasteiger partial charge in [-0.05, 0) is 22.6 Å². The summed E-state index contributed by atoms with van der Waals surface area (Å²) < 4.78 is 10.5. The number of aromatic carboxylic acids is 1. The molecule has 2 rings (SSSR count). The van der Waals surface area contributed by atoms with Crippen LogP contribution < -0.4 is 5.09 Å². The van der Waals surface area contributed by atoms with Crippen molar-refractivity contribution < 1.29 is 19.4 Å². The molecule has 0 spiro atoms. The van der Waals surface area contributed by atoms with E-state index in [0.717, 1.165) is 5.56 Å². The Balaban J connectivity index is 2.27. The molecule has 0 bridgehead atoms. The molecule has 4 N–H and O–H groups in total. The number of hydrogen-bond acceptors (Lipinski definition) is 3. The molecule has 0 radical (unpaired) electrons. The van der Waals surface area contributed by atoms with Crippen LogP contribution in [0.2, 0.25) is 0 Å². The van der Waals surface area contributed by atoms with Gasteiger partial charge in [-0.2, -0.15) is 0 Å². The van der Waals surface area contributed by atoms with E-state index in [4.69, 9.17) is 10.00 Å². The molecule has 7 nitrogen and oxygen atoms in total. The number of imidazole rings is 1. The molecule has 1 atom stereocenters. The predicted molar refractivity (Wildman–Crippen MR) is 64.6 cm³/mol. The predicted octanol–water partition coefficient (Wildman–Crippen LogP) is 1.04. The monoisotopic (exact) mass is 268 g/mol. The second-order valence-electron chi connectivity index (χ2n) is 3.63. The first kappa shape index (κ1) is 12.6. The molecule has 0 amide bonds. The molecule has 1 unspecified atom stereocenters. The summed E-state index contributed by atoms with van der Waals surface area (Å²) >= 11 is 0. The SMILES string of the molecule is O=C(O)c1nc2c(CCN[P+](=O)O)cccc2[nH]1. The number of benzene rings is 1. The summed E-state index contributed by atoms with van der Waals surface area (Å²) in [7, 11) is -2.37. The second kappa shape index (κ2) is 5.22. The van der Waals surface area contributed by atoms with E-state index in [0.29, 0.717) is 24.0 Å². The largest absolute Gasteiger partial charge is 0.610 e. The smallest absolute Gasteiger partial charge is 0.475 e. The summed E-state index contributed by atoms with van der Waals surface area (Å²) in [6.45, 7) is 0.320. The number of rotatable bonds is 5. The Hall–Kier alpha value is -1.82. The number of carboxylic acids is 1. The molecule has 0 saturated carbocycles. The maximum Gasteiger partial charge on any atom is 0.610 e. The van der Waals surface area contributed by atoms with Crippen molar-refractivity contribution in [1.29, 1.82) is 0 Å². The summed E-state index contributed by atoms with van der Waals surface area (Å²) in [5.41, 5.74) is 2.03. The molecule has 1 aromatic heterocycles. The van der Waals surface area contributed by atoms with Gasteiger partial charge in [0.2, 0.25) is 5.82 Å². The van der Waals surface area contributed by atoms with Gasteiger partial charge >= 0.3 is 14.1 Å². The van der Waals surface area contributed by atoms with Gasteiger partial charge in [0.1, 0.15) is 0 Å². The van der Waals surface area contributed by atoms with Gasteiger partial charge in [-0.25, -0.2) is 9.78 Å². The molecular formula is C10H11N3O4P+. The number of aromatic nitrogens is 2. The molecule has 18 heavy (non-hydrogen) atoms. The maximum absolute atomic E-state index is 10.8. The first-order valence-electron chi connectivity index (χ1n) is 5.18. The van der Waals surface area contributed by atoms with Crippen molar-refractivity contribution in [3.8, 4) is 0 Å². The highest BCUT2D eigenvalue weighted by atomic mass is 31.1. The van der Waals surface area contributed by atoms with Crippen molar-refractivity contribution in [2.45, 2.75) is 6.42 Å². The Morgan fingerprint density at radius 1 is 1.50 bits per heavy atom. The van der Waals surface area contributed by atoms with Crippen LogP contribution >= 0.6 is 8.18 Å². The lowest BCUT2D eigenvalue weighted by Crippen LogP contribution is -2.08. The molecule has 1 heterocycles. The molecule has 2 aromatic rings. The molecule has 94 valence electrons. The molecule has 0 aliphatic rings. The minimum absolute atomic E-state index is 0.112. The summed E-state index contributed by atoms with van der Waals surface area (Å²) in [5.74, 6) is -1.23. The number of para-hydroxylation sites is 1. The number of carbonyl (C=O) groups is 1. The zero-order valence-corrected chi connectivity index (χ0v) is 10.1. The van der Waals surface area contributed by atoms with E-state index >= 15 is 0 Å². The number of fused-ring (bicyclic) bond motifs is 1. The highest BCUT2D eigenvalue weighted by Crippen LogP contribution is 2.17. The normalized spacial score (nSPS) is 11.7. The van der Waals surface area contributed by atoms with Crippen LogP contribution in [0.15, 0.2) is 18.2 Å². The van der Waals surface area contributed by atoms with Crippen LogP contribution in [0.3, 0.4) is 0 Å². The zero-order chi connectivity index (χ0) is 13.1. The number of H-pyrrole nitrogens is 1. The zero-order valence-electron chi connectivity index (χ0n) is 9.25. The van der Waals surface area contributed by atoms with E-state index < -0.39 is 14.1 Å². The highest BCUT2D eigenvalue weighted by molar-refractivity contribution is 7.35. The Morgan fingerprint density at radius 2 is 2.28 bits per heavy atom. The first-order valence-corrected chi connectivity index (χ1v) is 6.39. The van der Waals surface area contributed by atoms with Crippen molar-refractivity contribution in [3.63, 3.8) is 0 Å². The van der Waals surface area contributed by atoms with Crippen molar-refractivity contribution in [3.05, 3.63) is 29.6 Å². The van der Waals surface area contributed by atoms with Crippen LogP contribution in [0.4, 0.5) is 0 Å². The van der Waals surface area contributed by atoms with Gasteiger partial charge in [-0.3, -0.25) is 0 Å². The van der Waals surface area contributed by atoms with Crippen molar-refractivity contribution >= 4 is 25.2 Å². The Kier molecular flexibility index (Phi) is 3.66. The molecule has 0 aliphatic carbocycles. The average molecular weight is 268 g/mol. The van der Waals surface area contributed by atoms with Gasteiger partial charge in [0.15, 0.2) is 0 Å². The maximum atomic E-state index is 10.8. The summed E-state index contributed by atoms with van der Waals surface area (Å²) in [6.07, 6.45) is 0.489. The molecule has 8 heteroatoms. The van der Waals surface area contributed by atoms with Gasteiger partial charge in [-0.15, -0.1) is 4.89 Å². The minimum atomic E-state index is -2.37. The lowest BCUT2D eigenvalue weighted by Gasteiger charge is -1.98. The van der Waals surface area contributed by atoms with E-state index in [9.17, 15) is 9.36 Å². The molecular weight excluding hydrogens is 257 g/mol. The number of aromatic amines is 1. The number of carboxylic acid groups (broad SMARTS) is 1.